The summed E-state index contributed by atoms with van der Waals surface area (Å²) in [7, 11) is 0. The van der Waals surface area contributed by atoms with Crippen molar-refractivity contribution in [1.82, 2.24) is 0 Å². The first-order valence-electron chi connectivity index (χ1n) is 9.77. The van der Waals surface area contributed by atoms with Crippen molar-refractivity contribution in [3.8, 4) is 0 Å². The van der Waals surface area contributed by atoms with Gasteiger partial charge in [0, 0.05) is 0 Å². The number of rotatable bonds is 12. The molecule has 0 radical (unpaired) electrons. The normalized spacial score (nSPS) is 17.1. The fourth-order valence-electron chi connectivity index (χ4n) is 3.31. The topological polar surface area (TPSA) is 0 Å². The van der Waals surface area contributed by atoms with Crippen LogP contribution in [0, 0.1) is 0 Å². The summed E-state index contributed by atoms with van der Waals surface area (Å²) in [6.07, 6.45) is 25.7. The molecule has 0 bridgehead atoms. The van der Waals surface area contributed by atoms with Crippen LogP contribution < -0.4 is 0 Å². The Labute approximate surface area is 150 Å². The summed E-state index contributed by atoms with van der Waals surface area (Å²) in [4.78, 5) is 0. The fourth-order valence-corrected chi connectivity index (χ4v) is 5.13. The van der Waals surface area contributed by atoms with E-state index in [2.05, 4.69) is 38.2 Å². The van der Waals surface area contributed by atoms with E-state index in [0.717, 1.165) is 15.0 Å². The van der Waals surface area contributed by atoms with Gasteiger partial charge in [0.15, 0.2) is 0 Å². The second-order valence-electron chi connectivity index (χ2n) is 6.79. The van der Waals surface area contributed by atoms with Gasteiger partial charge in [-0.25, -0.2) is 0 Å². The average Bonchev–Trinajstić information content (AvgIpc) is 3.18. The number of hydrogen-bond donors (Lipinski definition) is 0. The van der Waals surface area contributed by atoms with Crippen molar-refractivity contribution in [2.75, 3.05) is 0 Å². The summed E-state index contributed by atoms with van der Waals surface area (Å²) >= 11 is 0.923. The zero-order valence-electron chi connectivity index (χ0n) is 15.2. The maximum absolute atomic E-state index is 2.42. The number of unbranched alkanes of at least 4 members (excludes halogenated alkanes) is 6. The van der Waals surface area contributed by atoms with Gasteiger partial charge in [-0.05, 0) is 0 Å². The summed E-state index contributed by atoms with van der Waals surface area (Å²) in [5.41, 5.74) is 3.34. The fraction of sp³-hybridized carbons (Fsp3) is 0.636. The van der Waals surface area contributed by atoms with Crippen molar-refractivity contribution in [3.63, 3.8) is 0 Å². The minimum absolute atomic E-state index is 0.923. The van der Waals surface area contributed by atoms with Crippen LogP contribution in [0.1, 0.15) is 90.9 Å². The quantitative estimate of drug-likeness (QED) is 0.253. The third kappa shape index (κ3) is 6.47. The van der Waals surface area contributed by atoms with Gasteiger partial charge in [-0.15, -0.1) is 0 Å². The van der Waals surface area contributed by atoms with Gasteiger partial charge in [-0.2, -0.15) is 0 Å². The standard InChI is InChI=1S/2C11H17.Mn/c2*1-2-3-4-5-8-11-9-6-7-10-11;/h2*6,9H,2-5,7-8H2,1H3;. The zero-order valence-corrected chi connectivity index (χ0v) is 16.4. The van der Waals surface area contributed by atoms with Crippen LogP contribution in [0.2, 0.25) is 0 Å². The van der Waals surface area contributed by atoms with Crippen LogP contribution in [-0.4, -0.2) is 0 Å². The van der Waals surface area contributed by atoms with E-state index < -0.39 is 0 Å². The van der Waals surface area contributed by atoms with Crippen molar-refractivity contribution < 1.29 is 15.0 Å². The summed E-state index contributed by atoms with van der Waals surface area (Å²) in [5, 5.41) is 0. The molecule has 0 unspecified atom stereocenters. The van der Waals surface area contributed by atoms with Crippen molar-refractivity contribution in [3.05, 3.63) is 44.4 Å². The van der Waals surface area contributed by atoms with Crippen LogP contribution in [0.25, 0.3) is 0 Å². The average molecular weight is 353 g/mol. The Bertz CT molecular complexity index is 432. The minimum atomic E-state index is 0.923. The molecule has 2 aliphatic carbocycles. The Morgan fingerprint density at radius 1 is 0.696 bits per heavy atom. The van der Waals surface area contributed by atoms with E-state index in [0.29, 0.717) is 0 Å². The molecule has 0 aromatic heterocycles. The van der Waals surface area contributed by atoms with Gasteiger partial charge in [0.1, 0.15) is 0 Å². The zero-order chi connectivity index (χ0) is 16.3. The third-order valence-electron chi connectivity index (χ3n) is 4.76. The molecule has 0 amide bonds. The molecule has 0 N–H and O–H groups in total. The summed E-state index contributed by atoms with van der Waals surface area (Å²) in [6.45, 7) is 4.59. The first-order valence-corrected chi connectivity index (χ1v) is 10.9. The Balaban J connectivity index is 1.85. The predicted octanol–water partition coefficient (Wildman–Crippen LogP) is 7.44. The van der Waals surface area contributed by atoms with Crippen LogP contribution in [0.15, 0.2) is 44.4 Å². The molecule has 0 aliphatic heterocycles. The van der Waals surface area contributed by atoms with Crippen molar-refractivity contribution in [2.24, 2.45) is 0 Å². The van der Waals surface area contributed by atoms with E-state index in [9.17, 15) is 0 Å². The summed E-state index contributed by atoms with van der Waals surface area (Å²) < 4.78 is 3.49. The molecule has 0 spiro atoms. The van der Waals surface area contributed by atoms with E-state index in [-0.39, 0.29) is 0 Å². The molecule has 0 heterocycles. The maximum atomic E-state index is 2.42. The van der Waals surface area contributed by atoms with Crippen LogP contribution in [0.4, 0.5) is 0 Å². The molecule has 2 aliphatic rings. The third-order valence-corrected chi connectivity index (χ3v) is 6.71. The molecular weight excluding hydrogens is 319 g/mol. The van der Waals surface area contributed by atoms with Crippen LogP contribution in [-0.2, 0) is 15.0 Å². The summed E-state index contributed by atoms with van der Waals surface area (Å²) in [6, 6.07) is 0. The van der Waals surface area contributed by atoms with E-state index >= 15 is 0 Å². The Morgan fingerprint density at radius 3 is 1.61 bits per heavy atom. The van der Waals surface area contributed by atoms with Gasteiger partial charge in [-0.3, -0.25) is 0 Å². The molecule has 129 valence electrons. The molecule has 0 aromatic carbocycles. The van der Waals surface area contributed by atoms with Crippen LogP contribution >= 0.6 is 0 Å². The second kappa shape index (κ2) is 11.1. The van der Waals surface area contributed by atoms with E-state index in [4.69, 9.17) is 0 Å². The van der Waals surface area contributed by atoms with Gasteiger partial charge in [0.25, 0.3) is 0 Å². The van der Waals surface area contributed by atoms with Crippen LogP contribution in [0.3, 0.4) is 0 Å². The first-order chi connectivity index (χ1) is 11.3. The molecule has 2 rings (SSSR count). The summed E-state index contributed by atoms with van der Waals surface area (Å²) in [5.74, 6) is 0. The molecule has 0 saturated carbocycles. The van der Waals surface area contributed by atoms with Gasteiger partial charge in [0.2, 0.25) is 0 Å². The van der Waals surface area contributed by atoms with Gasteiger partial charge in [0.05, 0.1) is 0 Å². The van der Waals surface area contributed by atoms with Crippen LogP contribution in [0.5, 0.6) is 0 Å². The van der Waals surface area contributed by atoms with E-state index in [1.165, 1.54) is 77.0 Å². The molecule has 0 aromatic rings. The number of hydrogen-bond acceptors (Lipinski definition) is 0. The van der Waals surface area contributed by atoms with E-state index in [1.807, 2.05) is 0 Å². The monoisotopic (exact) mass is 353 g/mol. The molecule has 1 heteroatoms. The molecule has 0 atom stereocenters. The van der Waals surface area contributed by atoms with Gasteiger partial charge < -0.3 is 0 Å². The van der Waals surface area contributed by atoms with Crippen molar-refractivity contribution in [2.45, 2.75) is 90.9 Å². The predicted molar refractivity (Wildman–Crippen MR) is 99.1 cm³/mol. The Kier molecular flexibility index (Phi) is 9.09. The molecular formula is C22H34Mn. The molecule has 0 fully saturated rings. The SMILES string of the molecule is CCCCCCC1=[C]([Mn][C]2=C(CCCCCC)C=CC2)CC=C1. The molecule has 0 saturated heterocycles. The molecule has 0 nitrogen and oxygen atoms in total. The Hall–Kier alpha value is -0.521. The molecule has 23 heavy (non-hydrogen) atoms. The number of allylic oxidation sites excluding steroid dienone is 8. The van der Waals surface area contributed by atoms with Gasteiger partial charge in [-0.1, -0.05) is 0 Å². The van der Waals surface area contributed by atoms with Gasteiger partial charge >= 0.3 is 150 Å². The van der Waals surface area contributed by atoms with Crippen molar-refractivity contribution >= 4 is 0 Å². The second-order valence-corrected chi connectivity index (χ2v) is 8.51. The van der Waals surface area contributed by atoms with Crippen molar-refractivity contribution in [1.29, 1.82) is 0 Å². The van der Waals surface area contributed by atoms with E-state index in [1.54, 1.807) is 20.1 Å². The first kappa shape index (κ1) is 18.8. The Morgan fingerprint density at radius 2 is 1.17 bits per heavy atom.